The third-order valence-corrected chi connectivity index (χ3v) is 1.75. The summed E-state index contributed by atoms with van der Waals surface area (Å²) in [4.78, 5) is 20.1. The van der Waals surface area contributed by atoms with Gasteiger partial charge in [-0.25, -0.2) is 0 Å². The standard InChI is InChI=1S/C6H4N2O3S/c9-7-12-6-3-1-5(2-4-6)8(10)11/h1-4H. The van der Waals surface area contributed by atoms with Crippen LogP contribution in [0, 0.1) is 15.0 Å². The Morgan fingerprint density at radius 1 is 1.33 bits per heavy atom. The maximum Gasteiger partial charge on any atom is 0.269 e. The molecule has 62 valence electrons. The van der Waals surface area contributed by atoms with Crippen molar-refractivity contribution in [2.75, 3.05) is 0 Å². The van der Waals surface area contributed by atoms with E-state index in [1.807, 2.05) is 0 Å². The molecule has 0 aliphatic rings. The highest BCUT2D eigenvalue weighted by Crippen LogP contribution is 2.21. The number of hydrogen-bond donors (Lipinski definition) is 0. The van der Waals surface area contributed by atoms with Gasteiger partial charge >= 0.3 is 0 Å². The maximum absolute atomic E-state index is 10.2. The topological polar surface area (TPSA) is 72.6 Å². The van der Waals surface area contributed by atoms with E-state index in [2.05, 4.69) is 4.58 Å². The Kier molecular flexibility index (Phi) is 2.76. The van der Waals surface area contributed by atoms with Crippen molar-refractivity contribution in [3.05, 3.63) is 39.3 Å². The van der Waals surface area contributed by atoms with Gasteiger partial charge in [0.25, 0.3) is 5.69 Å². The molecule has 0 amide bonds. The first-order chi connectivity index (χ1) is 5.74. The molecule has 0 aliphatic carbocycles. The quantitative estimate of drug-likeness (QED) is 0.313. The third-order valence-electron chi connectivity index (χ3n) is 1.19. The molecular weight excluding hydrogens is 180 g/mol. The molecule has 0 N–H and O–H groups in total. The van der Waals surface area contributed by atoms with Crippen LogP contribution < -0.4 is 0 Å². The summed E-state index contributed by atoms with van der Waals surface area (Å²) in [5.74, 6) is 0. The van der Waals surface area contributed by atoms with E-state index >= 15 is 0 Å². The molecule has 0 saturated heterocycles. The molecule has 1 aromatic carbocycles. The van der Waals surface area contributed by atoms with Gasteiger partial charge in [-0.3, -0.25) is 10.1 Å². The largest absolute Gasteiger partial charge is 0.269 e. The molecule has 1 rings (SSSR count). The normalized spacial score (nSPS) is 9.33. The molecule has 0 aromatic heterocycles. The molecule has 0 saturated carbocycles. The number of rotatable bonds is 3. The average molecular weight is 184 g/mol. The molecule has 0 aliphatic heterocycles. The van der Waals surface area contributed by atoms with E-state index in [4.69, 9.17) is 0 Å². The fourth-order valence-corrected chi connectivity index (χ4v) is 1.02. The van der Waals surface area contributed by atoms with Gasteiger partial charge in [0.1, 0.15) is 0 Å². The zero-order valence-corrected chi connectivity index (χ0v) is 6.65. The van der Waals surface area contributed by atoms with Crippen LogP contribution in [0.3, 0.4) is 0 Å². The van der Waals surface area contributed by atoms with Gasteiger partial charge in [-0.05, 0) is 12.1 Å². The Bertz CT molecular complexity index is 298. The van der Waals surface area contributed by atoms with Crippen molar-refractivity contribution in [1.82, 2.24) is 0 Å². The van der Waals surface area contributed by atoms with Crippen LogP contribution in [0.5, 0.6) is 0 Å². The molecular formula is C6H4N2O3S. The number of hydrogen-bond acceptors (Lipinski definition) is 5. The van der Waals surface area contributed by atoms with Crippen LogP contribution in [-0.2, 0) is 0 Å². The SMILES string of the molecule is O=NSc1ccc([N+](=O)[O-])cc1. The Morgan fingerprint density at radius 2 is 1.92 bits per heavy atom. The second kappa shape index (κ2) is 3.82. The number of nitrogens with zero attached hydrogens (tertiary/aromatic N) is 2. The lowest BCUT2D eigenvalue weighted by atomic mass is 10.3. The second-order valence-corrected chi connectivity index (χ2v) is 2.72. The Labute approximate surface area is 72.0 Å². The first kappa shape index (κ1) is 8.66. The Morgan fingerprint density at radius 3 is 2.33 bits per heavy atom. The molecule has 0 fully saturated rings. The van der Waals surface area contributed by atoms with Crippen LogP contribution in [0.15, 0.2) is 33.7 Å². The minimum atomic E-state index is -0.497. The van der Waals surface area contributed by atoms with E-state index in [9.17, 15) is 15.0 Å². The molecule has 0 unspecified atom stereocenters. The molecule has 0 spiro atoms. The zero-order chi connectivity index (χ0) is 8.97. The van der Waals surface area contributed by atoms with Crippen molar-refractivity contribution in [1.29, 1.82) is 0 Å². The predicted octanol–water partition coefficient (Wildman–Crippen LogP) is 2.37. The summed E-state index contributed by atoms with van der Waals surface area (Å²) in [6.07, 6.45) is 0. The molecule has 6 heteroatoms. The van der Waals surface area contributed by atoms with Crippen LogP contribution >= 0.6 is 11.9 Å². The highest BCUT2D eigenvalue weighted by Gasteiger charge is 2.03. The highest BCUT2D eigenvalue weighted by atomic mass is 32.2. The van der Waals surface area contributed by atoms with Gasteiger partial charge in [0, 0.05) is 21.6 Å². The van der Waals surface area contributed by atoms with Crippen molar-refractivity contribution in [3.63, 3.8) is 0 Å². The summed E-state index contributed by atoms with van der Waals surface area (Å²) in [5.41, 5.74) is 0.00486. The number of benzene rings is 1. The summed E-state index contributed by atoms with van der Waals surface area (Å²) < 4.78 is 2.58. The number of nitro benzene ring substituents is 1. The molecule has 0 heterocycles. The van der Waals surface area contributed by atoms with E-state index in [0.29, 0.717) is 4.90 Å². The van der Waals surface area contributed by atoms with Gasteiger partial charge in [-0.15, -0.1) is 4.91 Å². The monoisotopic (exact) mass is 184 g/mol. The van der Waals surface area contributed by atoms with E-state index in [1.165, 1.54) is 24.3 Å². The van der Waals surface area contributed by atoms with Crippen LogP contribution in [-0.4, -0.2) is 4.92 Å². The minimum absolute atomic E-state index is 0.00486. The summed E-state index contributed by atoms with van der Waals surface area (Å²) in [5, 5.41) is 10.2. The third kappa shape index (κ3) is 2.03. The van der Waals surface area contributed by atoms with Gasteiger partial charge in [0.2, 0.25) is 0 Å². The predicted molar refractivity (Wildman–Crippen MR) is 44.7 cm³/mol. The summed E-state index contributed by atoms with van der Waals surface area (Å²) in [6, 6.07) is 5.61. The summed E-state index contributed by atoms with van der Waals surface area (Å²) in [7, 11) is 0. The molecule has 1 aromatic rings. The van der Waals surface area contributed by atoms with Gasteiger partial charge in [0.05, 0.1) is 16.9 Å². The first-order valence-corrected chi connectivity index (χ1v) is 3.75. The maximum atomic E-state index is 10.2. The Balaban J connectivity index is 2.85. The second-order valence-electron chi connectivity index (χ2n) is 1.92. The number of nitroso groups, excluding NO2 is 1. The van der Waals surface area contributed by atoms with Crippen molar-refractivity contribution in [3.8, 4) is 0 Å². The van der Waals surface area contributed by atoms with Gasteiger partial charge < -0.3 is 0 Å². The number of nitro groups is 1. The molecule has 0 radical (unpaired) electrons. The first-order valence-electron chi connectivity index (χ1n) is 2.98. The summed E-state index contributed by atoms with van der Waals surface area (Å²) >= 11 is 0.743. The van der Waals surface area contributed by atoms with Crippen LogP contribution in [0.4, 0.5) is 5.69 Å². The fourth-order valence-electron chi connectivity index (χ4n) is 0.672. The molecule has 12 heavy (non-hydrogen) atoms. The van der Waals surface area contributed by atoms with Gasteiger partial charge in [-0.2, -0.15) is 0 Å². The Hall–Kier alpha value is -1.43. The molecule has 0 bridgehead atoms. The van der Waals surface area contributed by atoms with E-state index < -0.39 is 4.92 Å². The van der Waals surface area contributed by atoms with E-state index in [-0.39, 0.29) is 5.69 Å². The van der Waals surface area contributed by atoms with E-state index in [1.54, 1.807) is 0 Å². The summed E-state index contributed by atoms with van der Waals surface area (Å²) in [6.45, 7) is 0. The lowest BCUT2D eigenvalue weighted by molar-refractivity contribution is -0.384. The lowest BCUT2D eigenvalue weighted by Crippen LogP contribution is -1.85. The van der Waals surface area contributed by atoms with Crippen molar-refractivity contribution >= 4 is 17.6 Å². The lowest BCUT2D eigenvalue weighted by Gasteiger charge is -1.91. The minimum Gasteiger partial charge on any atom is -0.258 e. The molecule has 0 atom stereocenters. The fraction of sp³-hybridized carbons (Fsp3) is 0. The number of non-ortho nitro benzene ring substituents is 1. The van der Waals surface area contributed by atoms with Gasteiger partial charge in [0.15, 0.2) is 0 Å². The van der Waals surface area contributed by atoms with Crippen LogP contribution in [0.25, 0.3) is 0 Å². The van der Waals surface area contributed by atoms with Crippen molar-refractivity contribution in [2.45, 2.75) is 4.90 Å². The van der Waals surface area contributed by atoms with Crippen molar-refractivity contribution in [2.24, 2.45) is 4.58 Å². The molecule has 5 nitrogen and oxygen atoms in total. The smallest absolute Gasteiger partial charge is 0.258 e. The average Bonchev–Trinajstić information content (AvgIpc) is 2.06. The van der Waals surface area contributed by atoms with Crippen molar-refractivity contribution < 1.29 is 4.92 Å². The highest BCUT2D eigenvalue weighted by molar-refractivity contribution is 7.98. The van der Waals surface area contributed by atoms with E-state index in [0.717, 1.165) is 11.9 Å². The van der Waals surface area contributed by atoms with Crippen LogP contribution in [0.1, 0.15) is 0 Å². The van der Waals surface area contributed by atoms with Crippen LogP contribution in [0.2, 0.25) is 0 Å². The van der Waals surface area contributed by atoms with Gasteiger partial charge in [-0.1, -0.05) is 0 Å². The zero-order valence-electron chi connectivity index (χ0n) is 5.84.